The molecule has 0 saturated heterocycles. The van der Waals surface area contributed by atoms with Crippen LogP contribution < -0.4 is 4.90 Å². The molecule has 0 aliphatic carbocycles. The molecule has 4 heteroatoms. The third kappa shape index (κ3) is 3.50. The summed E-state index contributed by atoms with van der Waals surface area (Å²) in [4.78, 5) is 6.79. The Balaban J connectivity index is 1.64. The predicted octanol–water partition coefficient (Wildman–Crippen LogP) is 5.21. The van der Waals surface area contributed by atoms with Crippen LogP contribution in [0.4, 0.5) is 10.1 Å². The number of anilines is 1. The quantitative estimate of drug-likeness (QED) is 0.747. The SMILES string of the molecule is CC(CCC(C)N1CCc2cc(F)c(Cl)cc21)c1ccccn1. The van der Waals surface area contributed by atoms with Crippen molar-refractivity contribution in [1.82, 2.24) is 4.98 Å². The number of pyridine rings is 1. The smallest absolute Gasteiger partial charge is 0.142 e. The first kappa shape index (κ1) is 16.3. The molecule has 2 heterocycles. The van der Waals surface area contributed by atoms with Crippen molar-refractivity contribution in [3.63, 3.8) is 0 Å². The van der Waals surface area contributed by atoms with Crippen molar-refractivity contribution in [1.29, 1.82) is 0 Å². The summed E-state index contributed by atoms with van der Waals surface area (Å²) in [6.07, 6.45) is 4.90. The van der Waals surface area contributed by atoms with Crippen LogP contribution in [0.15, 0.2) is 36.5 Å². The third-order valence-corrected chi connectivity index (χ3v) is 5.08. The van der Waals surface area contributed by atoms with E-state index < -0.39 is 0 Å². The Morgan fingerprint density at radius 2 is 2.09 bits per heavy atom. The third-order valence-electron chi connectivity index (χ3n) is 4.80. The number of hydrogen-bond donors (Lipinski definition) is 0. The first-order chi connectivity index (χ1) is 11.1. The van der Waals surface area contributed by atoms with Gasteiger partial charge in [-0.05, 0) is 61.9 Å². The van der Waals surface area contributed by atoms with E-state index in [0.29, 0.717) is 12.0 Å². The summed E-state index contributed by atoms with van der Waals surface area (Å²) < 4.78 is 13.6. The summed E-state index contributed by atoms with van der Waals surface area (Å²) in [7, 11) is 0. The van der Waals surface area contributed by atoms with Gasteiger partial charge in [-0.15, -0.1) is 0 Å². The first-order valence-electron chi connectivity index (χ1n) is 8.21. The largest absolute Gasteiger partial charge is 0.368 e. The average molecular weight is 333 g/mol. The Morgan fingerprint density at radius 3 is 2.83 bits per heavy atom. The average Bonchev–Trinajstić information content (AvgIpc) is 2.96. The molecule has 122 valence electrons. The van der Waals surface area contributed by atoms with Crippen molar-refractivity contribution in [2.24, 2.45) is 0 Å². The van der Waals surface area contributed by atoms with E-state index in [1.54, 1.807) is 12.1 Å². The monoisotopic (exact) mass is 332 g/mol. The number of rotatable bonds is 5. The Labute approximate surface area is 142 Å². The van der Waals surface area contributed by atoms with Gasteiger partial charge in [0.05, 0.1) is 5.02 Å². The lowest BCUT2D eigenvalue weighted by Gasteiger charge is -2.28. The maximum Gasteiger partial charge on any atom is 0.142 e. The van der Waals surface area contributed by atoms with E-state index in [9.17, 15) is 4.39 Å². The predicted molar refractivity (Wildman–Crippen MR) is 93.8 cm³/mol. The van der Waals surface area contributed by atoms with E-state index in [1.807, 2.05) is 18.3 Å². The summed E-state index contributed by atoms with van der Waals surface area (Å²) in [5.74, 6) is 0.126. The van der Waals surface area contributed by atoms with Gasteiger partial charge in [-0.3, -0.25) is 4.98 Å². The second-order valence-corrected chi connectivity index (χ2v) is 6.83. The number of fused-ring (bicyclic) bond motifs is 1. The molecule has 2 unspecified atom stereocenters. The molecule has 0 saturated carbocycles. The maximum atomic E-state index is 13.6. The van der Waals surface area contributed by atoms with Crippen molar-refractivity contribution >= 4 is 17.3 Å². The van der Waals surface area contributed by atoms with Crippen LogP contribution in [0.5, 0.6) is 0 Å². The van der Waals surface area contributed by atoms with E-state index in [2.05, 4.69) is 29.8 Å². The molecule has 0 N–H and O–H groups in total. The van der Waals surface area contributed by atoms with Crippen LogP contribution in [0.1, 0.15) is 43.9 Å². The summed E-state index contributed by atoms with van der Waals surface area (Å²) >= 11 is 5.96. The molecular formula is C19H22ClFN2. The summed E-state index contributed by atoms with van der Waals surface area (Å²) in [6.45, 7) is 5.39. The second kappa shape index (κ2) is 6.88. The zero-order valence-corrected chi connectivity index (χ0v) is 14.4. The van der Waals surface area contributed by atoms with E-state index >= 15 is 0 Å². The maximum absolute atomic E-state index is 13.6. The molecule has 0 radical (unpaired) electrons. The molecule has 0 bridgehead atoms. The van der Waals surface area contributed by atoms with Crippen molar-refractivity contribution in [2.75, 3.05) is 11.4 Å². The van der Waals surface area contributed by atoms with Crippen molar-refractivity contribution in [3.8, 4) is 0 Å². The van der Waals surface area contributed by atoms with Crippen molar-refractivity contribution in [3.05, 3.63) is 58.6 Å². The topological polar surface area (TPSA) is 16.1 Å². The molecule has 23 heavy (non-hydrogen) atoms. The highest BCUT2D eigenvalue weighted by molar-refractivity contribution is 6.31. The molecule has 2 aromatic rings. The zero-order chi connectivity index (χ0) is 16.4. The molecule has 0 spiro atoms. The molecule has 1 aromatic carbocycles. The van der Waals surface area contributed by atoms with Crippen molar-refractivity contribution in [2.45, 2.75) is 45.1 Å². The number of hydrogen-bond acceptors (Lipinski definition) is 2. The van der Waals surface area contributed by atoms with Crippen LogP contribution in [0.2, 0.25) is 5.02 Å². The lowest BCUT2D eigenvalue weighted by atomic mass is 9.98. The Kier molecular flexibility index (Phi) is 4.86. The highest BCUT2D eigenvalue weighted by Gasteiger charge is 2.25. The van der Waals surface area contributed by atoms with Crippen molar-refractivity contribution < 1.29 is 4.39 Å². The normalized spacial score (nSPS) is 16.3. The number of halogens is 2. The van der Waals surface area contributed by atoms with Crippen LogP contribution in [-0.4, -0.2) is 17.6 Å². The van der Waals surface area contributed by atoms with Gasteiger partial charge in [0.1, 0.15) is 5.82 Å². The minimum absolute atomic E-state index is 0.213. The Bertz CT molecular complexity index is 675. The molecule has 1 aliphatic heterocycles. The van der Waals surface area contributed by atoms with Gasteiger partial charge in [0.2, 0.25) is 0 Å². The summed E-state index contributed by atoms with van der Waals surface area (Å²) in [5.41, 5.74) is 3.30. The van der Waals surface area contributed by atoms with Crippen LogP contribution in [0.25, 0.3) is 0 Å². The fraction of sp³-hybridized carbons (Fsp3) is 0.421. The van der Waals surface area contributed by atoms with Gasteiger partial charge in [-0.25, -0.2) is 4.39 Å². The number of benzene rings is 1. The standard InChI is InChI=1S/C19H22ClFN2/c1-13(18-5-3-4-9-22-18)6-7-14(2)23-10-8-15-11-17(21)16(20)12-19(15)23/h3-5,9,11-14H,6-8,10H2,1-2H3. The van der Waals surface area contributed by atoms with Gasteiger partial charge in [0.15, 0.2) is 0 Å². The van der Waals surface area contributed by atoms with E-state index in [0.717, 1.165) is 42.8 Å². The van der Waals surface area contributed by atoms with Crippen LogP contribution >= 0.6 is 11.6 Å². The lowest BCUT2D eigenvalue weighted by molar-refractivity contribution is 0.533. The highest BCUT2D eigenvalue weighted by atomic mass is 35.5. The van der Waals surface area contributed by atoms with Crippen LogP contribution in [0.3, 0.4) is 0 Å². The van der Waals surface area contributed by atoms with Crippen LogP contribution in [-0.2, 0) is 6.42 Å². The molecule has 0 fully saturated rings. The highest BCUT2D eigenvalue weighted by Crippen LogP contribution is 2.35. The minimum atomic E-state index is -0.316. The fourth-order valence-corrected chi connectivity index (χ4v) is 3.48. The van der Waals surface area contributed by atoms with E-state index in [-0.39, 0.29) is 10.8 Å². The Hall–Kier alpha value is -1.61. The summed E-state index contributed by atoms with van der Waals surface area (Å²) in [6, 6.07) is 9.84. The molecule has 1 aliphatic rings. The number of nitrogens with zero attached hydrogens (tertiary/aromatic N) is 2. The van der Waals surface area contributed by atoms with E-state index in [4.69, 9.17) is 11.6 Å². The zero-order valence-electron chi connectivity index (χ0n) is 13.6. The molecule has 2 atom stereocenters. The van der Waals surface area contributed by atoms with Gasteiger partial charge in [0, 0.05) is 30.2 Å². The fourth-order valence-electron chi connectivity index (χ4n) is 3.33. The second-order valence-electron chi connectivity index (χ2n) is 6.42. The first-order valence-corrected chi connectivity index (χ1v) is 8.59. The molecule has 3 rings (SSSR count). The van der Waals surface area contributed by atoms with E-state index in [1.165, 1.54) is 0 Å². The van der Waals surface area contributed by atoms with Gasteiger partial charge in [-0.1, -0.05) is 24.6 Å². The molecule has 0 amide bonds. The lowest BCUT2D eigenvalue weighted by Crippen LogP contribution is -2.31. The summed E-state index contributed by atoms with van der Waals surface area (Å²) in [5, 5.41) is 0.213. The molecule has 2 nitrogen and oxygen atoms in total. The number of aromatic nitrogens is 1. The van der Waals surface area contributed by atoms with Crippen LogP contribution in [0, 0.1) is 5.82 Å². The van der Waals surface area contributed by atoms with Gasteiger partial charge < -0.3 is 4.90 Å². The Morgan fingerprint density at radius 1 is 1.26 bits per heavy atom. The minimum Gasteiger partial charge on any atom is -0.368 e. The molecular weight excluding hydrogens is 311 g/mol. The van der Waals surface area contributed by atoms with Gasteiger partial charge in [0.25, 0.3) is 0 Å². The molecule has 1 aromatic heterocycles. The van der Waals surface area contributed by atoms with Gasteiger partial charge >= 0.3 is 0 Å². The van der Waals surface area contributed by atoms with Gasteiger partial charge in [-0.2, -0.15) is 0 Å².